The average molecular weight is 206 g/mol. The Hall–Kier alpha value is -1.00. The van der Waals surface area contributed by atoms with E-state index in [1.54, 1.807) is 0 Å². The molecule has 1 rings (SSSR count). The third-order valence-corrected chi connectivity index (χ3v) is 2.45. The minimum absolute atomic E-state index is 0.148. The van der Waals surface area contributed by atoms with Crippen molar-refractivity contribution < 1.29 is 23.5 Å². The SMILES string of the molecule is O=C(O)C(=O)CC1CCCC(F)(F)C1. The molecule has 1 saturated carbocycles. The Morgan fingerprint density at radius 3 is 2.57 bits per heavy atom. The zero-order valence-electron chi connectivity index (χ0n) is 7.63. The van der Waals surface area contributed by atoms with E-state index in [0.29, 0.717) is 12.8 Å². The van der Waals surface area contributed by atoms with Crippen molar-refractivity contribution in [3.8, 4) is 0 Å². The lowest BCUT2D eigenvalue weighted by Gasteiger charge is -2.27. The topological polar surface area (TPSA) is 54.4 Å². The summed E-state index contributed by atoms with van der Waals surface area (Å²) in [4.78, 5) is 21.0. The van der Waals surface area contributed by atoms with Crippen molar-refractivity contribution in [2.45, 2.75) is 38.0 Å². The van der Waals surface area contributed by atoms with Gasteiger partial charge in [0.2, 0.25) is 11.7 Å². The molecule has 0 heterocycles. The monoisotopic (exact) mass is 206 g/mol. The molecule has 5 heteroatoms. The van der Waals surface area contributed by atoms with Crippen molar-refractivity contribution in [2.24, 2.45) is 5.92 Å². The van der Waals surface area contributed by atoms with Crippen molar-refractivity contribution in [1.82, 2.24) is 0 Å². The summed E-state index contributed by atoms with van der Waals surface area (Å²) in [7, 11) is 0. The van der Waals surface area contributed by atoms with Crippen LogP contribution in [0.4, 0.5) is 8.78 Å². The van der Waals surface area contributed by atoms with Crippen LogP contribution < -0.4 is 0 Å². The number of carboxylic acids is 1. The minimum Gasteiger partial charge on any atom is -0.476 e. The highest BCUT2D eigenvalue weighted by molar-refractivity contribution is 6.32. The van der Waals surface area contributed by atoms with E-state index in [-0.39, 0.29) is 19.3 Å². The summed E-state index contributed by atoms with van der Waals surface area (Å²) in [5.41, 5.74) is 0. The van der Waals surface area contributed by atoms with E-state index in [1.807, 2.05) is 0 Å². The molecule has 1 unspecified atom stereocenters. The molecule has 0 aromatic rings. The molecule has 80 valence electrons. The zero-order valence-corrected chi connectivity index (χ0v) is 7.63. The lowest BCUT2D eigenvalue weighted by atomic mass is 9.83. The summed E-state index contributed by atoms with van der Waals surface area (Å²) in [6.07, 6.45) is 0.126. The van der Waals surface area contributed by atoms with E-state index < -0.39 is 23.6 Å². The van der Waals surface area contributed by atoms with Crippen LogP contribution in [0.3, 0.4) is 0 Å². The molecule has 0 aliphatic heterocycles. The van der Waals surface area contributed by atoms with E-state index in [2.05, 4.69) is 0 Å². The van der Waals surface area contributed by atoms with Gasteiger partial charge in [-0.05, 0) is 18.8 Å². The highest BCUT2D eigenvalue weighted by Gasteiger charge is 2.37. The summed E-state index contributed by atoms with van der Waals surface area (Å²) >= 11 is 0. The molecule has 0 saturated heterocycles. The lowest BCUT2D eigenvalue weighted by molar-refractivity contribution is -0.150. The van der Waals surface area contributed by atoms with E-state index in [0.717, 1.165) is 0 Å². The maximum absolute atomic E-state index is 12.8. The van der Waals surface area contributed by atoms with E-state index in [9.17, 15) is 18.4 Å². The highest BCUT2D eigenvalue weighted by atomic mass is 19.3. The second-order valence-electron chi connectivity index (χ2n) is 3.75. The van der Waals surface area contributed by atoms with Gasteiger partial charge in [0, 0.05) is 19.3 Å². The quantitative estimate of drug-likeness (QED) is 0.717. The maximum Gasteiger partial charge on any atom is 0.372 e. The summed E-state index contributed by atoms with van der Waals surface area (Å²) in [6.45, 7) is 0. The summed E-state index contributed by atoms with van der Waals surface area (Å²) < 4.78 is 25.7. The van der Waals surface area contributed by atoms with E-state index in [1.165, 1.54) is 0 Å². The third-order valence-electron chi connectivity index (χ3n) is 2.45. The number of ketones is 1. The number of aliphatic carboxylic acids is 1. The Morgan fingerprint density at radius 1 is 1.43 bits per heavy atom. The molecule has 0 amide bonds. The van der Waals surface area contributed by atoms with Crippen LogP contribution in [0.5, 0.6) is 0 Å². The molecule has 0 aromatic carbocycles. The van der Waals surface area contributed by atoms with Crippen LogP contribution in [0.1, 0.15) is 32.1 Å². The van der Waals surface area contributed by atoms with Gasteiger partial charge < -0.3 is 5.11 Å². The molecule has 0 spiro atoms. The number of carboxylic acid groups (broad SMARTS) is 1. The van der Waals surface area contributed by atoms with Gasteiger partial charge in [-0.15, -0.1) is 0 Å². The van der Waals surface area contributed by atoms with E-state index >= 15 is 0 Å². The number of alkyl halides is 2. The largest absolute Gasteiger partial charge is 0.476 e. The number of halogens is 2. The van der Waals surface area contributed by atoms with Crippen LogP contribution >= 0.6 is 0 Å². The molecule has 1 aliphatic rings. The van der Waals surface area contributed by atoms with Crippen LogP contribution in [0, 0.1) is 5.92 Å². The number of carbonyl (C=O) groups excluding carboxylic acids is 1. The van der Waals surface area contributed by atoms with Gasteiger partial charge >= 0.3 is 5.97 Å². The second kappa shape index (κ2) is 4.02. The minimum atomic E-state index is -2.72. The smallest absolute Gasteiger partial charge is 0.372 e. The first-order valence-electron chi connectivity index (χ1n) is 4.55. The van der Waals surface area contributed by atoms with Gasteiger partial charge in [-0.3, -0.25) is 4.79 Å². The van der Waals surface area contributed by atoms with E-state index in [4.69, 9.17) is 5.11 Å². The van der Waals surface area contributed by atoms with Crippen LogP contribution in [0.15, 0.2) is 0 Å². The Bertz CT molecular complexity index is 250. The van der Waals surface area contributed by atoms with Crippen molar-refractivity contribution >= 4 is 11.8 Å². The normalized spacial score (nSPS) is 25.7. The van der Waals surface area contributed by atoms with Gasteiger partial charge in [-0.25, -0.2) is 13.6 Å². The maximum atomic E-state index is 12.8. The summed E-state index contributed by atoms with van der Waals surface area (Å²) in [5.74, 6) is -5.68. The number of Topliss-reactive ketones (excluding diaryl/α,β-unsaturated/α-hetero) is 1. The summed E-state index contributed by atoms with van der Waals surface area (Å²) in [5, 5.41) is 8.31. The number of carbonyl (C=O) groups is 2. The molecule has 1 fully saturated rings. The first-order valence-corrected chi connectivity index (χ1v) is 4.55. The molecular formula is C9H12F2O3. The van der Waals surface area contributed by atoms with Gasteiger partial charge in [0.05, 0.1) is 0 Å². The fourth-order valence-corrected chi connectivity index (χ4v) is 1.80. The number of hydrogen-bond donors (Lipinski definition) is 1. The molecular weight excluding hydrogens is 194 g/mol. The van der Waals surface area contributed by atoms with Crippen LogP contribution in [0.25, 0.3) is 0 Å². The van der Waals surface area contributed by atoms with Gasteiger partial charge in [0.25, 0.3) is 0 Å². The zero-order chi connectivity index (χ0) is 10.8. The average Bonchev–Trinajstić information content (AvgIpc) is 2.01. The molecule has 1 aliphatic carbocycles. The highest BCUT2D eigenvalue weighted by Crippen LogP contribution is 2.37. The van der Waals surface area contributed by atoms with Crippen molar-refractivity contribution in [1.29, 1.82) is 0 Å². The Balaban J connectivity index is 2.46. The van der Waals surface area contributed by atoms with Gasteiger partial charge in [-0.2, -0.15) is 0 Å². The first kappa shape index (κ1) is 11.1. The predicted molar refractivity (Wildman–Crippen MR) is 44.2 cm³/mol. The number of hydrogen-bond acceptors (Lipinski definition) is 2. The molecule has 1 atom stereocenters. The van der Waals surface area contributed by atoms with Gasteiger partial charge in [0.15, 0.2) is 0 Å². The lowest BCUT2D eigenvalue weighted by Crippen LogP contribution is -2.28. The fraction of sp³-hybridized carbons (Fsp3) is 0.778. The predicted octanol–water partition coefficient (Wildman–Crippen LogP) is 1.86. The Kier molecular flexibility index (Phi) is 3.18. The van der Waals surface area contributed by atoms with Gasteiger partial charge in [0.1, 0.15) is 0 Å². The van der Waals surface area contributed by atoms with Crippen LogP contribution in [-0.4, -0.2) is 22.8 Å². The molecule has 1 N–H and O–H groups in total. The molecule has 0 aromatic heterocycles. The standard InChI is InChI=1S/C9H12F2O3/c10-9(11)3-1-2-6(5-9)4-7(12)8(13)14/h6H,1-5H2,(H,13,14). The van der Waals surface area contributed by atoms with Crippen molar-refractivity contribution in [3.05, 3.63) is 0 Å². The van der Waals surface area contributed by atoms with Crippen LogP contribution in [-0.2, 0) is 9.59 Å². The Morgan fingerprint density at radius 2 is 2.07 bits per heavy atom. The third kappa shape index (κ3) is 3.05. The first-order chi connectivity index (χ1) is 6.41. The van der Waals surface area contributed by atoms with Gasteiger partial charge in [-0.1, -0.05) is 0 Å². The molecule has 0 bridgehead atoms. The Labute approximate surface area is 80.1 Å². The molecule has 0 radical (unpaired) electrons. The van der Waals surface area contributed by atoms with Crippen molar-refractivity contribution in [3.63, 3.8) is 0 Å². The summed E-state index contributed by atoms with van der Waals surface area (Å²) in [6, 6.07) is 0. The fourth-order valence-electron chi connectivity index (χ4n) is 1.80. The van der Waals surface area contributed by atoms with Crippen molar-refractivity contribution in [2.75, 3.05) is 0 Å². The van der Waals surface area contributed by atoms with Crippen LogP contribution in [0.2, 0.25) is 0 Å². The molecule has 14 heavy (non-hydrogen) atoms. The number of rotatable bonds is 3. The second-order valence-corrected chi connectivity index (χ2v) is 3.75. The molecule has 3 nitrogen and oxygen atoms in total.